The minimum absolute atomic E-state index is 0.0201. The Hall–Kier alpha value is -3.26. The Kier molecular flexibility index (Phi) is 8.84. The van der Waals surface area contributed by atoms with Gasteiger partial charge in [0.1, 0.15) is 0 Å². The first kappa shape index (κ1) is 28.3. The number of piperidine rings is 1. The van der Waals surface area contributed by atoms with E-state index >= 15 is 0 Å². The minimum Gasteiger partial charge on any atom is -0.381 e. The maximum Gasteiger partial charge on any atom is 0.290 e. The molecule has 5 rings (SSSR count). The average molecular weight is 548 g/mol. The molecular weight excluding hydrogens is 506 g/mol. The number of ketones is 1. The highest BCUT2D eigenvalue weighted by Gasteiger charge is 2.41. The van der Waals surface area contributed by atoms with Crippen LogP contribution in [0.5, 0.6) is 0 Å². The molecule has 2 aliphatic carbocycles. The van der Waals surface area contributed by atoms with Gasteiger partial charge in [-0.2, -0.15) is 0 Å². The molecule has 0 bridgehead atoms. The number of allylic oxidation sites excluding steroid dienone is 1. The molecule has 40 heavy (non-hydrogen) atoms. The summed E-state index contributed by atoms with van der Waals surface area (Å²) >= 11 is 0. The number of likely N-dealkylation sites (tertiary alicyclic amines) is 1. The van der Waals surface area contributed by atoms with Crippen molar-refractivity contribution in [1.82, 2.24) is 15.4 Å². The summed E-state index contributed by atoms with van der Waals surface area (Å²) in [4.78, 5) is 42.4. The number of hydrogen-bond donors (Lipinski definition) is 1. The molecule has 8 heteroatoms. The predicted octanol–water partition coefficient (Wildman–Crippen LogP) is 4.94. The molecule has 1 aliphatic heterocycles. The number of aromatic nitrogens is 1. The first-order valence-electron chi connectivity index (χ1n) is 14.7. The number of hydrogen-bond acceptors (Lipinski definition) is 6. The third-order valence-corrected chi connectivity index (χ3v) is 9.37. The summed E-state index contributed by atoms with van der Waals surface area (Å²) in [7, 11) is 1.58. The second-order valence-electron chi connectivity index (χ2n) is 11.8. The van der Waals surface area contributed by atoms with Gasteiger partial charge in [-0.25, -0.2) is 0 Å². The lowest BCUT2D eigenvalue weighted by atomic mass is 9.74. The lowest BCUT2D eigenvalue weighted by molar-refractivity contribution is -0.144. The zero-order valence-corrected chi connectivity index (χ0v) is 23.6. The van der Waals surface area contributed by atoms with Gasteiger partial charge in [0.2, 0.25) is 11.7 Å². The van der Waals surface area contributed by atoms with Gasteiger partial charge in [0.25, 0.3) is 5.91 Å². The average Bonchev–Trinajstić information content (AvgIpc) is 3.65. The van der Waals surface area contributed by atoms with Gasteiger partial charge in [0.15, 0.2) is 5.78 Å². The van der Waals surface area contributed by atoms with Crippen molar-refractivity contribution in [3.8, 4) is 0 Å². The summed E-state index contributed by atoms with van der Waals surface area (Å²) in [5.74, 6) is -0.821. The summed E-state index contributed by atoms with van der Waals surface area (Å²) in [6.07, 6.45) is 13.3. The van der Waals surface area contributed by atoms with Crippen LogP contribution in [0.1, 0.15) is 86.4 Å². The number of carbonyl (C=O) groups excluding carboxylic acids is 3. The van der Waals surface area contributed by atoms with E-state index in [0.29, 0.717) is 25.4 Å². The summed E-state index contributed by atoms with van der Waals surface area (Å²) in [5, 5.41) is 6.51. The number of carbonyl (C=O) groups is 3. The van der Waals surface area contributed by atoms with Gasteiger partial charge in [-0.3, -0.25) is 14.4 Å². The van der Waals surface area contributed by atoms with Crippen molar-refractivity contribution in [3.05, 3.63) is 59.5 Å². The highest BCUT2D eigenvalue weighted by Crippen LogP contribution is 2.44. The van der Waals surface area contributed by atoms with Gasteiger partial charge in [0, 0.05) is 38.1 Å². The van der Waals surface area contributed by atoms with Crippen molar-refractivity contribution in [2.45, 2.75) is 82.3 Å². The summed E-state index contributed by atoms with van der Waals surface area (Å²) < 4.78 is 10.6. The van der Waals surface area contributed by atoms with Crippen molar-refractivity contribution in [2.75, 3.05) is 20.2 Å². The Morgan fingerprint density at radius 1 is 1.12 bits per heavy atom. The maximum atomic E-state index is 13.9. The number of methoxy groups -OCH3 is 1. The van der Waals surface area contributed by atoms with Gasteiger partial charge >= 0.3 is 0 Å². The van der Waals surface area contributed by atoms with E-state index in [1.54, 1.807) is 7.11 Å². The van der Waals surface area contributed by atoms with Crippen LogP contribution in [0.2, 0.25) is 0 Å². The van der Waals surface area contributed by atoms with Crippen molar-refractivity contribution >= 4 is 23.7 Å². The Bertz CT molecular complexity index is 1210. The zero-order valence-electron chi connectivity index (χ0n) is 23.6. The number of benzene rings is 1. The van der Waals surface area contributed by atoms with Crippen molar-refractivity contribution in [1.29, 1.82) is 0 Å². The molecule has 2 fully saturated rings. The fourth-order valence-electron chi connectivity index (χ4n) is 6.80. The van der Waals surface area contributed by atoms with Crippen molar-refractivity contribution < 1.29 is 23.6 Å². The third-order valence-electron chi connectivity index (χ3n) is 9.37. The molecule has 1 aromatic heterocycles. The van der Waals surface area contributed by atoms with Crippen LogP contribution in [-0.2, 0) is 19.7 Å². The molecule has 1 saturated heterocycles. The number of fused-ring (bicyclic) bond motifs is 2. The van der Waals surface area contributed by atoms with Crippen LogP contribution in [0.4, 0.5) is 0 Å². The van der Waals surface area contributed by atoms with Crippen LogP contribution in [0.3, 0.4) is 0 Å². The van der Waals surface area contributed by atoms with E-state index in [4.69, 9.17) is 9.26 Å². The number of ether oxygens (including phenoxy) is 1. The normalized spacial score (nSPS) is 20.6. The van der Waals surface area contributed by atoms with Gasteiger partial charge in [-0.1, -0.05) is 73.7 Å². The second-order valence-corrected chi connectivity index (χ2v) is 11.8. The molecule has 2 amide bonds. The Morgan fingerprint density at radius 2 is 1.88 bits per heavy atom. The van der Waals surface area contributed by atoms with E-state index in [0.717, 1.165) is 38.5 Å². The van der Waals surface area contributed by atoms with Crippen LogP contribution in [0.25, 0.3) is 6.08 Å². The first-order valence-corrected chi connectivity index (χ1v) is 14.7. The van der Waals surface area contributed by atoms with Crippen LogP contribution in [-0.4, -0.2) is 60.0 Å². The second kappa shape index (κ2) is 12.5. The molecular formula is C32H41N3O5. The maximum absolute atomic E-state index is 13.9. The van der Waals surface area contributed by atoms with E-state index in [2.05, 4.69) is 46.9 Å². The number of rotatable bonds is 10. The van der Waals surface area contributed by atoms with Crippen LogP contribution >= 0.6 is 0 Å². The first-order chi connectivity index (χ1) is 19.4. The van der Waals surface area contributed by atoms with Gasteiger partial charge in [0.05, 0.1) is 24.3 Å². The molecule has 2 heterocycles. The number of Topliss-reactive ketones (excluding diaryl/α,β-unsaturated/α-hetero) is 1. The van der Waals surface area contributed by atoms with Crippen LogP contribution < -0.4 is 5.32 Å². The molecule has 2 aromatic rings. The van der Waals surface area contributed by atoms with Crippen molar-refractivity contribution in [3.63, 3.8) is 0 Å². The fourth-order valence-corrected chi connectivity index (χ4v) is 6.80. The Labute approximate surface area is 236 Å². The van der Waals surface area contributed by atoms with Crippen LogP contribution in [0.15, 0.2) is 47.1 Å². The van der Waals surface area contributed by atoms with Crippen LogP contribution in [0, 0.1) is 11.8 Å². The minimum atomic E-state index is -0.690. The highest BCUT2D eigenvalue weighted by atomic mass is 16.5. The third kappa shape index (κ3) is 6.07. The monoisotopic (exact) mass is 547 g/mol. The Balaban J connectivity index is 1.27. The lowest BCUT2D eigenvalue weighted by Gasteiger charge is -2.41. The molecule has 0 radical (unpaired) electrons. The van der Waals surface area contributed by atoms with E-state index in [-0.39, 0.29) is 29.3 Å². The zero-order chi connectivity index (χ0) is 28.1. The molecule has 1 N–H and O–H groups in total. The summed E-state index contributed by atoms with van der Waals surface area (Å²) in [6.45, 7) is 3.11. The molecule has 8 nitrogen and oxygen atoms in total. The molecule has 3 atom stereocenters. The Morgan fingerprint density at radius 3 is 2.58 bits per heavy atom. The number of nitrogens with zero attached hydrogens (tertiary/aromatic N) is 2. The largest absolute Gasteiger partial charge is 0.381 e. The standard InChI is InChI=1S/C32H41N3O5/c1-22(39-2)25(31(38)35-18-15-32(16-19-35)14-12-24-10-6-7-11-26(24)32)21-28(36)27(20-23-8-4-3-5-9-23)34-30(37)29-13-17-33-40-29/h6-7,10-14,17,22-23,25,27H,3-5,8-9,15-16,18-21H2,1-2H3,(H,34,37)/t22-,25+,27+/m1/s1. The van der Waals surface area contributed by atoms with E-state index in [9.17, 15) is 14.4 Å². The van der Waals surface area contributed by atoms with Gasteiger partial charge in [-0.15, -0.1) is 0 Å². The quantitative estimate of drug-likeness (QED) is 0.452. The topological polar surface area (TPSA) is 102 Å². The van der Waals surface area contributed by atoms with Gasteiger partial charge < -0.3 is 19.5 Å². The molecule has 1 spiro atoms. The molecule has 214 valence electrons. The predicted molar refractivity (Wildman–Crippen MR) is 152 cm³/mol. The number of amides is 2. The van der Waals surface area contributed by atoms with E-state index < -0.39 is 24.0 Å². The highest BCUT2D eigenvalue weighted by molar-refractivity contribution is 5.97. The summed E-state index contributed by atoms with van der Waals surface area (Å²) in [5.41, 5.74) is 2.57. The fraction of sp³-hybridized carbons (Fsp3) is 0.562. The van der Waals surface area contributed by atoms with E-state index in [1.165, 1.54) is 29.8 Å². The molecule has 1 saturated carbocycles. The summed E-state index contributed by atoms with van der Waals surface area (Å²) in [6, 6.07) is 9.27. The molecule has 0 unspecified atom stereocenters. The van der Waals surface area contributed by atoms with Gasteiger partial charge in [-0.05, 0) is 43.2 Å². The van der Waals surface area contributed by atoms with E-state index in [1.807, 2.05) is 11.8 Å². The molecule has 3 aliphatic rings. The SMILES string of the molecule is CO[C@H](C)[C@H](CC(=O)[C@H](CC1CCCCC1)NC(=O)c1ccno1)C(=O)N1CCC2(C=Cc3ccccc32)CC1. The lowest BCUT2D eigenvalue weighted by Crippen LogP contribution is -2.50. The molecule has 1 aromatic carbocycles. The number of nitrogens with one attached hydrogen (secondary N) is 1. The van der Waals surface area contributed by atoms with Crippen molar-refractivity contribution in [2.24, 2.45) is 11.8 Å². The smallest absolute Gasteiger partial charge is 0.290 e.